The first-order valence-electron chi connectivity index (χ1n) is 7.22. The molecule has 0 amide bonds. The summed E-state index contributed by atoms with van der Waals surface area (Å²) in [5.74, 6) is 1.51. The Morgan fingerprint density at radius 1 is 1.21 bits per heavy atom. The second-order valence-electron chi connectivity index (χ2n) is 5.02. The van der Waals surface area contributed by atoms with Crippen molar-refractivity contribution in [3.8, 4) is 11.5 Å². The minimum absolute atomic E-state index is 0.221. The van der Waals surface area contributed by atoms with Crippen molar-refractivity contribution in [3.63, 3.8) is 0 Å². The highest BCUT2D eigenvalue weighted by atomic mass is 16.5. The van der Waals surface area contributed by atoms with E-state index in [0.29, 0.717) is 5.75 Å². The Labute approximate surface area is 117 Å². The highest BCUT2D eigenvalue weighted by molar-refractivity contribution is 5.41. The number of ether oxygens (including phenoxy) is 1. The Morgan fingerprint density at radius 2 is 1.89 bits per heavy atom. The van der Waals surface area contributed by atoms with E-state index in [0.717, 1.165) is 31.1 Å². The highest BCUT2D eigenvalue weighted by Crippen LogP contribution is 2.27. The van der Waals surface area contributed by atoms with Crippen LogP contribution in [0.3, 0.4) is 0 Å². The van der Waals surface area contributed by atoms with Crippen molar-refractivity contribution in [2.45, 2.75) is 40.2 Å². The summed E-state index contributed by atoms with van der Waals surface area (Å²) in [6.07, 6.45) is 2.45. The van der Waals surface area contributed by atoms with Gasteiger partial charge in [0.05, 0.1) is 7.11 Å². The van der Waals surface area contributed by atoms with Crippen molar-refractivity contribution in [2.75, 3.05) is 20.2 Å². The molecule has 108 valence electrons. The van der Waals surface area contributed by atoms with Gasteiger partial charge >= 0.3 is 0 Å². The van der Waals surface area contributed by atoms with E-state index >= 15 is 0 Å². The van der Waals surface area contributed by atoms with Crippen LogP contribution in [-0.2, 0) is 6.54 Å². The zero-order chi connectivity index (χ0) is 14.3. The molecule has 0 heterocycles. The summed E-state index contributed by atoms with van der Waals surface area (Å²) >= 11 is 0. The van der Waals surface area contributed by atoms with Gasteiger partial charge in [-0.25, -0.2) is 0 Å². The number of hydrogen-bond donors (Lipinski definition) is 1. The molecule has 3 nitrogen and oxygen atoms in total. The van der Waals surface area contributed by atoms with Gasteiger partial charge in [-0.15, -0.1) is 0 Å². The highest BCUT2D eigenvalue weighted by Gasteiger charge is 2.11. The van der Waals surface area contributed by atoms with Gasteiger partial charge in [0.1, 0.15) is 0 Å². The van der Waals surface area contributed by atoms with Gasteiger partial charge in [0, 0.05) is 13.1 Å². The lowest BCUT2D eigenvalue weighted by Crippen LogP contribution is -2.28. The van der Waals surface area contributed by atoms with Crippen LogP contribution in [0, 0.1) is 5.92 Å². The SMILES string of the molecule is CCC(CC)CN(CC)Cc1ccc(OC)c(O)c1. The van der Waals surface area contributed by atoms with Crippen LogP contribution in [-0.4, -0.2) is 30.2 Å². The van der Waals surface area contributed by atoms with Gasteiger partial charge in [0.25, 0.3) is 0 Å². The number of phenolic OH excluding ortho intramolecular Hbond substituents is 1. The molecule has 0 saturated heterocycles. The Bertz CT molecular complexity index is 375. The van der Waals surface area contributed by atoms with Crippen molar-refractivity contribution in [1.29, 1.82) is 0 Å². The molecule has 1 N–H and O–H groups in total. The number of nitrogens with zero attached hydrogens (tertiary/aromatic N) is 1. The molecule has 1 rings (SSSR count). The molecule has 0 radical (unpaired) electrons. The second-order valence-corrected chi connectivity index (χ2v) is 5.02. The van der Waals surface area contributed by atoms with Gasteiger partial charge in [-0.05, 0) is 30.2 Å². The number of rotatable bonds is 8. The average Bonchev–Trinajstić information content (AvgIpc) is 2.43. The van der Waals surface area contributed by atoms with E-state index in [2.05, 4.69) is 25.7 Å². The van der Waals surface area contributed by atoms with Crippen LogP contribution in [0.1, 0.15) is 39.2 Å². The maximum absolute atomic E-state index is 9.81. The smallest absolute Gasteiger partial charge is 0.160 e. The molecule has 0 atom stereocenters. The van der Waals surface area contributed by atoms with Crippen molar-refractivity contribution in [1.82, 2.24) is 4.90 Å². The van der Waals surface area contributed by atoms with Gasteiger partial charge in [-0.3, -0.25) is 4.90 Å². The molecule has 0 fully saturated rings. The van der Waals surface area contributed by atoms with Crippen LogP contribution >= 0.6 is 0 Å². The van der Waals surface area contributed by atoms with E-state index < -0.39 is 0 Å². The molecule has 0 aromatic heterocycles. The third-order valence-electron chi connectivity index (χ3n) is 3.77. The van der Waals surface area contributed by atoms with Crippen molar-refractivity contribution >= 4 is 0 Å². The fourth-order valence-electron chi connectivity index (χ4n) is 2.31. The van der Waals surface area contributed by atoms with Crippen LogP contribution in [0.2, 0.25) is 0 Å². The van der Waals surface area contributed by atoms with E-state index in [1.807, 2.05) is 12.1 Å². The number of benzene rings is 1. The molecule has 0 unspecified atom stereocenters. The number of aromatic hydroxyl groups is 1. The summed E-state index contributed by atoms with van der Waals surface area (Å²) in [6, 6.07) is 5.65. The molecule has 1 aromatic rings. The van der Waals surface area contributed by atoms with Crippen LogP contribution in [0.15, 0.2) is 18.2 Å². The van der Waals surface area contributed by atoms with Crippen LogP contribution in [0.5, 0.6) is 11.5 Å². The molecule has 0 aliphatic heterocycles. The maximum atomic E-state index is 9.81. The van der Waals surface area contributed by atoms with Crippen molar-refractivity contribution in [2.24, 2.45) is 5.92 Å². The summed E-state index contributed by atoms with van der Waals surface area (Å²) in [4.78, 5) is 2.43. The van der Waals surface area contributed by atoms with Gasteiger partial charge in [-0.2, -0.15) is 0 Å². The van der Waals surface area contributed by atoms with Crippen LogP contribution in [0.25, 0.3) is 0 Å². The zero-order valence-electron chi connectivity index (χ0n) is 12.6. The minimum Gasteiger partial charge on any atom is -0.504 e. The van der Waals surface area contributed by atoms with E-state index in [4.69, 9.17) is 4.74 Å². The molecule has 3 heteroatoms. The Kier molecular flexibility index (Phi) is 6.71. The zero-order valence-corrected chi connectivity index (χ0v) is 12.6. The molecule has 0 bridgehead atoms. The molecule has 0 aliphatic carbocycles. The Balaban J connectivity index is 2.67. The van der Waals surface area contributed by atoms with Crippen molar-refractivity contribution in [3.05, 3.63) is 23.8 Å². The molecule has 0 saturated carbocycles. The van der Waals surface area contributed by atoms with Gasteiger partial charge in [0.2, 0.25) is 0 Å². The molecule has 19 heavy (non-hydrogen) atoms. The van der Waals surface area contributed by atoms with Gasteiger partial charge in [-0.1, -0.05) is 39.7 Å². The average molecular weight is 265 g/mol. The monoisotopic (exact) mass is 265 g/mol. The Hall–Kier alpha value is -1.22. The lowest BCUT2D eigenvalue weighted by Gasteiger charge is -2.25. The quantitative estimate of drug-likeness (QED) is 0.778. The molecule has 1 aromatic carbocycles. The summed E-state index contributed by atoms with van der Waals surface area (Å²) < 4.78 is 5.07. The second kappa shape index (κ2) is 8.05. The number of phenols is 1. The lowest BCUT2D eigenvalue weighted by atomic mass is 10.0. The molecule has 0 aliphatic rings. The standard InChI is InChI=1S/C16H27NO2/c1-5-13(6-2)11-17(7-3)12-14-8-9-16(19-4)15(18)10-14/h8-10,13,18H,5-7,11-12H2,1-4H3. The first-order valence-corrected chi connectivity index (χ1v) is 7.22. The largest absolute Gasteiger partial charge is 0.504 e. The summed E-state index contributed by atoms with van der Waals surface area (Å²) in [5, 5.41) is 9.81. The first-order chi connectivity index (χ1) is 9.14. The fraction of sp³-hybridized carbons (Fsp3) is 0.625. The van der Waals surface area contributed by atoms with Gasteiger partial charge in [0.15, 0.2) is 11.5 Å². The van der Waals surface area contributed by atoms with E-state index in [1.54, 1.807) is 13.2 Å². The molecule has 0 spiro atoms. The summed E-state index contributed by atoms with van der Waals surface area (Å²) in [6.45, 7) is 9.72. The third-order valence-corrected chi connectivity index (χ3v) is 3.77. The maximum Gasteiger partial charge on any atom is 0.160 e. The molecular weight excluding hydrogens is 238 g/mol. The van der Waals surface area contributed by atoms with E-state index in [-0.39, 0.29) is 5.75 Å². The normalized spacial score (nSPS) is 11.3. The summed E-state index contributed by atoms with van der Waals surface area (Å²) in [5.41, 5.74) is 1.13. The summed E-state index contributed by atoms with van der Waals surface area (Å²) in [7, 11) is 1.57. The number of methoxy groups -OCH3 is 1. The van der Waals surface area contributed by atoms with E-state index in [9.17, 15) is 5.11 Å². The topological polar surface area (TPSA) is 32.7 Å². The lowest BCUT2D eigenvalue weighted by molar-refractivity contribution is 0.226. The van der Waals surface area contributed by atoms with Crippen LogP contribution < -0.4 is 4.74 Å². The van der Waals surface area contributed by atoms with E-state index in [1.165, 1.54) is 12.8 Å². The van der Waals surface area contributed by atoms with Crippen molar-refractivity contribution < 1.29 is 9.84 Å². The fourth-order valence-corrected chi connectivity index (χ4v) is 2.31. The minimum atomic E-state index is 0.221. The first kappa shape index (κ1) is 15.8. The number of hydrogen-bond acceptors (Lipinski definition) is 3. The van der Waals surface area contributed by atoms with Gasteiger partial charge < -0.3 is 9.84 Å². The molecular formula is C16H27NO2. The predicted molar refractivity (Wildman–Crippen MR) is 79.7 cm³/mol. The Morgan fingerprint density at radius 3 is 2.37 bits per heavy atom. The van der Waals surface area contributed by atoms with Crippen LogP contribution in [0.4, 0.5) is 0 Å². The third kappa shape index (κ3) is 4.75. The predicted octanol–water partition coefficient (Wildman–Crippen LogP) is 3.66.